The molecule has 0 aliphatic heterocycles. The molecule has 0 aromatic heterocycles. The summed E-state index contributed by atoms with van der Waals surface area (Å²) in [7, 11) is -6.92. The van der Waals surface area contributed by atoms with E-state index in [2.05, 4.69) is 4.74 Å². The third kappa shape index (κ3) is 4.05. The first-order chi connectivity index (χ1) is 6.83. The molecule has 0 fully saturated rings. The monoisotopic (exact) mass is 284 g/mol. The van der Waals surface area contributed by atoms with Crippen molar-refractivity contribution in [1.82, 2.24) is 0 Å². The summed E-state index contributed by atoms with van der Waals surface area (Å²) in [6.45, 7) is 0. The predicted octanol–water partition coefficient (Wildman–Crippen LogP) is -1.23. The molecule has 0 aliphatic carbocycles. The first kappa shape index (κ1) is 18.9. The molecule has 0 aliphatic rings. The third-order valence-corrected chi connectivity index (χ3v) is 1.99. The molecule has 0 rings (SSSR count). The number of alkyl halides is 4. The quantitative estimate of drug-likeness (QED) is 0.282. The maximum absolute atomic E-state index is 12.6. The third-order valence-electron chi connectivity index (χ3n) is 1.03. The minimum Gasteiger partial charge on any atom is -0.742 e. The van der Waals surface area contributed by atoms with Crippen LogP contribution in [0.25, 0.3) is 0 Å². The zero-order valence-electron chi connectivity index (χ0n) is 7.69. The second-order valence-corrected chi connectivity index (χ2v) is 3.56. The van der Waals surface area contributed by atoms with Crippen molar-refractivity contribution in [3.63, 3.8) is 0 Å². The zero-order chi connectivity index (χ0) is 13.4. The van der Waals surface area contributed by atoms with E-state index in [4.69, 9.17) is 0 Å². The maximum Gasteiger partial charge on any atom is 1.00 e. The molecule has 96 valence electrons. The fourth-order valence-corrected chi connectivity index (χ4v) is 0.863. The van der Waals surface area contributed by atoms with Gasteiger partial charge in [-0.2, -0.15) is 30.7 Å². The van der Waals surface area contributed by atoms with Crippen LogP contribution in [-0.4, -0.2) is 24.3 Å². The van der Waals surface area contributed by atoms with Crippen LogP contribution in [0.4, 0.5) is 30.7 Å². The average molecular weight is 284 g/mol. The van der Waals surface area contributed by atoms with Crippen LogP contribution < -0.4 is 18.9 Å². The Hall–Kier alpha value is -0.443. The van der Waals surface area contributed by atoms with Crippen molar-refractivity contribution < 1.29 is 67.3 Å². The Balaban J connectivity index is 0. The van der Waals surface area contributed by atoms with Gasteiger partial charge in [-0.05, 0) is 0 Å². The van der Waals surface area contributed by atoms with E-state index in [-0.39, 0.29) is 18.9 Å². The molecular weight excluding hydrogens is 284 g/mol. The van der Waals surface area contributed by atoms with Gasteiger partial charge in [-0.1, -0.05) is 0 Å². The molecule has 13 heteroatoms. The van der Waals surface area contributed by atoms with Crippen LogP contribution in [0.2, 0.25) is 0 Å². The van der Waals surface area contributed by atoms with Crippen LogP contribution in [-0.2, 0) is 14.9 Å². The van der Waals surface area contributed by atoms with Crippen molar-refractivity contribution in [2.24, 2.45) is 0 Å². The summed E-state index contributed by atoms with van der Waals surface area (Å²) in [5.74, 6) is 0. The summed E-state index contributed by atoms with van der Waals surface area (Å²) in [5, 5.41) is -6.12. The SMILES string of the molecule is O=S(=O)([O-])C(F)(OC(F)=C(F)F)C(F)(F)F.[Li+]. The molecule has 0 spiro atoms. The summed E-state index contributed by atoms with van der Waals surface area (Å²) in [6, 6.07) is -3.46. The number of ether oxygens (including phenoxy) is 1. The summed E-state index contributed by atoms with van der Waals surface area (Å²) in [5.41, 5.74) is 0. The molecule has 0 bridgehead atoms. The number of halogens is 7. The van der Waals surface area contributed by atoms with Gasteiger partial charge in [0.15, 0.2) is 10.1 Å². The summed E-state index contributed by atoms with van der Waals surface area (Å²) in [4.78, 5) is 0. The minimum absolute atomic E-state index is 0. The van der Waals surface area contributed by atoms with E-state index in [1.54, 1.807) is 0 Å². The molecule has 17 heavy (non-hydrogen) atoms. The molecule has 4 nitrogen and oxygen atoms in total. The minimum atomic E-state index is -6.92. The van der Waals surface area contributed by atoms with Gasteiger partial charge in [0.25, 0.3) is 0 Å². The Morgan fingerprint density at radius 2 is 1.41 bits per heavy atom. The van der Waals surface area contributed by atoms with Gasteiger partial charge in [-0.3, -0.25) is 0 Å². The molecular formula is C4F7LiO4S. The maximum atomic E-state index is 12.6. The molecule has 0 saturated heterocycles. The fourth-order valence-electron chi connectivity index (χ4n) is 0.404. The van der Waals surface area contributed by atoms with Crippen LogP contribution in [0.1, 0.15) is 0 Å². The molecule has 1 unspecified atom stereocenters. The number of hydrogen-bond acceptors (Lipinski definition) is 4. The molecule has 0 aromatic carbocycles. The first-order valence-electron chi connectivity index (χ1n) is 2.94. The van der Waals surface area contributed by atoms with Gasteiger partial charge in [-0.15, -0.1) is 0 Å². The molecule has 0 aromatic rings. The van der Waals surface area contributed by atoms with Crippen LogP contribution in [0, 0.1) is 0 Å². The van der Waals surface area contributed by atoms with Crippen molar-refractivity contribution in [2.75, 3.05) is 0 Å². The summed E-state index contributed by atoms with van der Waals surface area (Å²) in [6.07, 6.45) is -10.1. The van der Waals surface area contributed by atoms with Gasteiger partial charge >= 0.3 is 42.3 Å². The van der Waals surface area contributed by atoms with Crippen molar-refractivity contribution in [1.29, 1.82) is 0 Å². The van der Waals surface area contributed by atoms with E-state index in [9.17, 15) is 43.7 Å². The molecule has 0 amide bonds. The molecule has 1 atom stereocenters. The molecule has 0 N–H and O–H groups in total. The van der Waals surface area contributed by atoms with E-state index >= 15 is 0 Å². The Morgan fingerprint density at radius 1 is 1.06 bits per heavy atom. The van der Waals surface area contributed by atoms with Crippen LogP contribution in [0.3, 0.4) is 0 Å². The van der Waals surface area contributed by atoms with E-state index in [1.165, 1.54) is 0 Å². The smallest absolute Gasteiger partial charge is 0.742 e. The van der Waals surface area contributed by atoms with Crippen molar-refractivity contribution in [2.45, 2.75) is 11.4 Å². The van der Waals surface area contributed by atoms with Crippen molar-refractivity contribution in [3.05, 3.63) is 12.1 Å². The largest absolute Gasteiger partial charge is 1.00 e. The second kappa shape index (κ2) is 5.47. The van der Waals surface area contributed by atoms with E-state index in [0.29, 0.717) is 0 Å². The van der Waals surface area contributed by atoms with Crippen LogP contribution >= 0.6 is 0 Å². The van der Waals surface area contributed by atoms with Gasteiger partial charge < -0.3 is 9.29 Å². The van der Waals surface area contributed by atoms with E-state index < -0.39 is 33.6 Å². The fraction of sp³-hybridized carbons (Fsp3) is 0.500. The first-order valence-corrected chi connectivity index (χ1v) is 4.34. The Morgan fingerprint density at radius 3 is 1.59 bits per heavy atom. The van der Waals surface area contributed by atoms with Gasteiger partial charge in [0.1, 0.15) is 0 Å². The standard InChI is InChI=1S/C4HF7O4S.Li/c5-1(6)2(7)15-4(11,3(8,9)10)16(12,13)14;/h(H,12,13,14);/q;+1/p-1. The predicted molar refractivity (Wildman–Crippen MR) is 31.0 cm³/mol. The second-order valence-electron chi connectivity index (χ2n) is 2.12. The Labute approximate surface area is 101 Å². The van der Waals surface area contributed by atoms with Gasteiger partial charge in [0.2, 0.25) is 0 Å². The number of rotatable bonds is 3. The van der Waals surface area contributed by atoms with E-state index in [0.717, 1.165) is 0 Å². The van der Waals surface area contributed by atoms with Crippen LogP contribution in [0.15, 0.2) is 12.1 Å². The van der Waals surface area contributed by atoms with E-state index in [1.807, 2.05) is 0 Å². The van der Waals surface area contributed by atoms with Gasteiger partial charge in [-0.25, -0.2) is 8.42 Å². The zero-order valence-corrected chi connectivity index (χ0v) is 8.50. The topological polar surface area (TPSA) is 66.4 Å². The summed E-state index contributed by atoms with van der Waals surface area (Å²) >= 11 is 0. The molecule has 0 radical (unpaired) electrons. The van der Waals surface area contributed by atoms with Crippen molar-refractivity contribution in [3.8, 4) is 0 Å². The van der Waals surface area contributed by atoms with Crippen molar-refractivity contribution >= 4 is 10.1 Å². The Bertz CT molecular complexity index is 399. The van der Waals surface area contributed by atoms with Gasteiger partial charge in [0.05, 0.1) is 0 Å². The average Bonchev–Trinajstić information content (AvgIpc) is 1.99. The number of hydrogen-bond donors (Lipinski definition) is 0. The molecule has 0 saturated carbocycles. The van der Waals surface area contributed by atoms with Gasteiger partial charge in [0, 0.05) is 0 Å². The normalized spacial score (nSPS) is 15.5. The summed E-state index contributed by atoms with van der Waals surface area (Å²) < 4.78 is 114. The molecule has 0 heterocycles. The Kier molecular flexibility index (Phi) is 6.08. The van der Waals surface area contributed by atoms with Crippen LogP contribution in [0.5, 0.6) is 0 Å².